The molecule has 1 aromatic heterocycles. The van der Waals surface area contributed by atoms with Crippen molar-refractivity contribution in [3.05, 3.63) is 95.1 Å². The Bertz CT molecular complexity index is 1420. The summed E-state index contributed by atoms with van der Waals surface area (Å²) < 4.78 is 38.3. The monoisotopic (exact) mass is 507 g/mol. The average Bonchev–Trinajstić information content (AvgIpc) is 3.34. The van der Waals surface area contributed by atoms with Crippen LogP contribution in [-0.2, 0) is 12.7 Å². The number of para-hydroxylation sites is 1. The summed E-state index contributed by atoms with van der Waals surface area (Å²) in [5.74, 6) is 0.259. The maximum Gasteiger partial charge on any atom is 0.416 e. The van der Waals surface area contributed by atoms with E-state index in [1.54, 1.807) is 15.9 Å². The maximum absolute atomic E-state index is 13.1. The largest absolute Gasteiger partial charge is 0.416 e. The summed E-state index contributed by atoms with van der Waals surface area (Å²) in [4.78, 5) is 29.1. The number of carbonyl (C=O) groups is 2. The Labute approximate surface area is 210 Å². The lowest BCUT2D eigenvalue weighted by molar-refractivity contribution is -0.137. The van der Waals surface area contributed by atoms with Gasteiger partial charge in [-0.05, 0) is 54.1 Å². The standard InChI is InChI=1S/C27H24F3N5O2/c28-27(29,30)21-10-8-19(9-11-21)25(36)34-12-14-35(15-13-34)26(37)20-5-3-4-18(16-20)17-31-24-22-6-1-2-7-23(22)32-33-24/h1-11,16H,12-15,17H2,(H2,31,32,33). The van der Waals surface area contributed by atoms with Crippen LogP contribution in [0.25, 0.3) is 10.9 Å². The number of hydrogen-bond acceptors (Lipinski definition) is 4. The van der Waals surface area contributed by atoms with Gasteiger partial charge in [-0.15, -0.1) is 0 Å². The molecule has 7 nitrogen and oxygen atoms in total. The number of hydrogen-bond donors (Lipinski definition) is 2. The number of nitrogens with zero attached hydrogens (tertiary/aromatic N) is 3. The molecule has 2 N–H and O–H groups in total. The number of amides is 2. The molecule has 4 aromatic rings. The molecule has 1 saturated heterocycles. The molecule has 2 heterocycles. The van der Waals surface area contributed by atoms with Crippen LogP contribution in [0.5, 0.6) is 0 Å². The quantitative estimate of drug-likeness (QED) is 0.407. The first-order valence-corrected chi connectivity index (χ1v) is 11.8. The molecule has 1 fully saturated rings. The number of anilines is 1. The molecule has 37 heavy (non-hydrogen) atoms. The van der Waals surface area contributed by atoms with Gasteiger partial charge in [0.1, 0.15) is 0 Å². The van der Waals surface area contributed by atoms with Gasteiger partial charge in [0, 0.05) is 49.2 Å². The van der Waals surface area contributed by atoms with E-state index in [9.17, 15) is 22.8 Å². The number of aromatic nitrogens is 2. The first kappa shape index (κ1) is 24.4. The Morgan fingerprint density at radius 3 is 2.16 bits per heavy atom. The normalized spacial score (nSPS) is 14.1. The molecule has 0 radical (unpaired) electrons. The highest BCUT2D eigenvalue weighted by Crippen LogP contribution is 2.29. The van der Waals surface area contributed by atoms with Crippen molar-refractivity contribution in [2.75, 3.05) is 31.5 Å². The molecule has 1 aliphatic rings. The highest BCUT2D eigenvalue weighted by atomic mass is 19.4. The highest BCUT2D eigenvalue weighted by molar-refractivity contribution is 5.96. The second-order valence-corrected chi connectivity index (χ2v) is 8.83. The molecule has 3 aromatic carbocycles. The average molecular weight is 508 g/mol. The van der Waals surface area contributed by atoms with Crippen LogP contribution in [0, 0.1) is 0 Å². The fourth-order valence-electron chi connectivity index (χ4n) is 4.38. The molecule has 0 bridgehead atoms. The lowest BCUT2D eigenvalue weighted by Crippen LogP contribution is -2.50. The number of aromatic amines is 1. The Balaban J connectivity index is 1.18. The van der Waals surface area contributed by atoms with E-state index in [0.29, 0.717) is 38.3 Å². The lowest BCUT2D eigenvalue weighted by Gasteiger charge is -2.35. The summed E-state index contributed by atoms with van der Waals surface area (Å²) in [5.41, 5.74) is 1.81. The minimum absolute atomic E-state index is 0.131. The summed E-state index contributed by atoms with van der Waals surface area (Å²) in [7, 11) is 0. The smallest absolute Gasteiger partial charge is 0.364 e. The number of halogens is 3. The van der Waals surface area contributed by atoms with Gasteiger partial charge in [-0.1, -0.05) is 24.3 Å². The van der Waals surface area contributed by atoms with E-state index in [1.165, 1.54) is 12.1 Å². The van der Waals surface area contributed by atoms with Gasteiger partial charge < -0.3 is 15.1 Å². The van der Waals surface area contributed by atoms with Gasteiger partial charge in [0.15, 0.2) is 5.82 Å². The predicted octanol–water partition coefficient (Wildman–Crippen LogP) is 4.79. The van der Waals surface area contributed by atoms with E-state index >= 15 is 0 Å². The van der Waals surface area contributed by atoms with Crippen LogP contribution in [0.2, 0.25) is 0 Å². The van der Waals surface area contributed by atoms with Crippen molar-refractivity contribution in [3.63, 3.8) is 0 Å². The van der Waals surface area contributed by atoms with Crippen molar-refractivity contribution in [1.29, 1.82) is 0 Å². The van der Waals surface area contributed by atoms with E-state index in [4.69, 9.17) is 0 Å². The summed E-state index contributed by atoms with van der Waals surface area (Å²) >= 11 is 0. The number of benzene rings is 3. The molecular weight excluding hydrogens is 483 g/mol. The zero-order valence-corrected chi connectivity index (χ0v) is 19.8. The number of fused-ring (bicyclic) bond motifs is 1. The summed E-state index contributed by atoms with van der Waals surface area (Å²) in [6, 6.07) is 19.3. The SMILES string of the molecule is O=C(c1ccc(C(F)(F)F)cc1)N1CCN(C(=O)c2cccc(CNc3n[nH]c4ccccc34)c2)CC1. The number of piperazine rings is 1. The molecule has 190 valence electrons. The molecule has 0 atom stereocenters. The van der Waals surface area contributed by atoms with Crippen LogP contribution in [0.1, 0.15) is 31.8 Å². The van der Waals surface area contributed by atoms with Gasteiger partial charge in [0.25, 0.3) is 11.8 Å². The van der Waals surface area contributed by atoms with Crippen LogP contribution in [0.4, 0.5) is 19.0 Å². The highest BCUT2D eigenvalue weighted by Gasteiger charge is 2.31. The second-order valence-electron chi connectivity index (χ2n) is 8.83. The van der Waals surface area contributed by atoms with E-state index in [0.717, 1.165) is 34.4 Å². The minimum Gasteiger partial charge on any atom is -0.364 e. The van der Waals surface area contributed by atoms with Crippen molar-refractivity contribution in [2.45, 2.75) is 12.7 Å². The number of H-pyrrole nitrogens is 1. The van der Waals surface area contributed by atoms with Crippen LogP contribution in [0.3, 0.4) is 0 Å². The Morgan fingerprint density at radius 2 is 1.49 bits per heavy atom. The minimum atomic E-state index is -4.45. The van der Waals surface area contributed by atoms with Crippen LogP contribution < -0.4 is 5.32 Å². The van der Waals surface area contributed by atoms with Gasteiger partial charge in [0.05, 0.1) is 11.1 Å². The lowest BCUT2D eigenvalue weighted by atomic mass is 10.1. The van der Waals surface area contributed by atoms with E-state index < -0.39 is 11.7 Å². The number of nitrogens with one attached hydrogen (secondary N) is 2. The van der Waals surface area contributed by atoms with Gasteiger partial charge >= 0.3 is 6.18 Å². The molecule has 0 spiro atoms. The molecule has 0 unspecified atom stereocenters. The third kappa shape index (κ3) is 5.28. The van der Waals surface area contributed by atoms with Crippen LogP contribution in [0.15, 0.2) is 72.8 Å². The molecule has 5 rings (SSSR count). The Morgan fingerprint density at radius 1 is 0.838 bits per heavy atom. The van der Waals surface area contributed by atoms with E-state index in [-0.39, 0.29) is 17.4 Å². The predicted molar refractivity (Wildman–Crippen MR) is 133 cm³/mol. The number of carbonyl (C=O) groups excluding carboxylic acids is 2. The third-order valence-electron chi connectivity index (χ3n) is 6.42. The first-order valence-electron chi connectivity index (χ1n) is 11.8. The summed E-state index contributed by atoms with van der Waals surface area (Å²) in [5, 5.41) is 11.6. The molecule has 0 saturated carbocycles. The first-order chi connectivity index (χ1) is 17.8. The van der Waals surface area contributed by atoms with Crippen molar-refractivity contribution < 1.29 is 22.8 Å². The summed E-state index contributed by atoms with van der Waals surface area (Å²) in [6.07, 6.45) is -4.45. The van der Waals surface area contributed by atoms with Gasteiger partial charge in [-0.25, -0.2) is 0 Å². The topological polar surface area (TPSA) is 81.3 Å². The van der Waals surface area contributed by atoms with E-state index in [2.05, 4.69) is 15.5 Å². The second kappa shape index (κ2) is 9.96. The number of rotatable bonds is 5. The fraction of sp³-hybridized carbons (Fsp3) is 0.222. The molecule has 0 aliphatic carbocycles. The van der Waals surface area contributed by atoms with Crippen molar-refractivity contribution in [2.24, 2.45) is 0 Å². The van der Waals surface area contributed by atoms with Crippen molar-refractivity contribution in [3.8, 4) is 0 Å². The zero-order valence-electron chi connectivity index (χ0n) is 19.8. The fourth-order valence-corrected chi connectivity index (χ4v) is 4.38. The summed E-state index contributed by atoms with van der Waals surface area (Å²) in [6.45, 7) is 1.78. The van der Waals surface area contributed by atoms with E-state index in [1.807, 2.05) is 42.5 Å². The Hall–Kier alpha value is -4.34. The number of alkyl halides is 3. The molecule has 10 heteroatoms. The molecule has 1 aliphatic heterocycles. The van der Waals surface area contributed by atoms with Gasteiger partial charge in [-0.2, -0.15) is 18.3 Å². The molecular formula is C27H24F3N5O2. The Kier molecular flexibility index (Phi) is 6.56. The maximum atomic E-state index is 13.1. The van der Waals surface area contributed by atoms with Gasteiger partial charge in [-0.3, -0.25) is 14.7 Å². The van der Waals surface area contributed by atoms with Crippen molar-refractivity contribution in [1.82, 2.24) is 20.0 Å². The third-order valence-corrected chi connectivity index (χ3v) is 6.42. The zero-order chi connectivity index (χ0) is 26.0. The van der Waals surface area contributed by atoms with Crippen LogP contribution in [-0.4, -0.2) is 58.0 Å². The van der Waals surface area contributed by atoms with Crippen molar-refractivity contribution >= 4 is 28.5 Å². The van der Waals surface area contributed by atoms with Crippen LogP contribution >= 0.6 is 0 Å². The van der Waals surface area contributed by atoms with Gasteiger partial charge in [0.2, 0.25) is 0 Å². The molecule has 2 amide bonds.